The number of unbranched alkanes of at least 4 members (excludes halogenated alkanes) is 1. The van der Waals surface area contributed by atoms with Crippen LogP contribution in [0.1, 0.15) is 71.3 Å². The van der Waals surface area contributed by atoms with E-state index < -0.39 is 0 Å². The molecule has 7 heteroatoms. The molecule has 1 aliphatic carbocycles. The van der Waals surface area contributed by atoms with Gasteiger partial charge in [0.2, 0.25) is 0 Å². The largest absolute Gasteiger partial charge is 0.466 e. The molecule has 35 heavy (non-hydrogen) atoms. The molecule has 2 aromatic rings. The molecule has 1 fully saturated rings. The number of nitrogens with zero attached hydrogens (tertiary/aromatic N) is 2. The molecule has 2 atom stereocenters. The van der Waals surface area contributed by atoms with Gasteiger partial charge in [-0.05, 0) is 47.9 Å². The van der Waals surface area contributed by atoms with E-state index in [0.717, 1.165) is 55.5 Å². The zero-order valence-electron chi connectivity index (χ0n) is 20.4. The Bertz CT molecular complexity index is 1040. The summed E-state index contributed by atoms with van der Waals surface area (Å²) in [5, 5.41) is 6.47. The molecule has 186 valence electrons. The molecule has 1 heterocycles. The maximum atomic E-state index is 13.2. The molecular formula is C28H35N3O4. The smallest absolute Gasteiger partial charge is 0.306 e. The van der Waals surface area contributed by atoms with Crippen molar-refractivity contribution in [1.29, 1.82) is 0 Å². The summed E-state index contributed by atoms with van der Waals surface area (Å²) in [4.78, 5) is 25.4. The fraction of sp³-hybridized carbons (Fsp3) is 0.464. The van der Waals surface area contributed by atoms with Crippen LogP contribution in [-0.4, -0.2) is 55.9 Å². The molecule has 4 rings (SSSR count). The highest BCUT2D eigenvalue weighted by Crippen LogP contribution is 2.35. The lowest BCUT2D eigenvalue weighted by atomic mass is 9.77. The van der Waals surface area contributed by atoms with E-state index in [1.807, 2.05) is 53.7 Å². The molecule has 0 saturated carbocycles. The summed E-state index contributed by atoms with van der Waals surface area (Å²) in [6, 6.07) is 13.0. The fourth-order valence-electron chi connectivity index (χ4n) is 4.59. The second kappa shape index (κ2) is 12.1. The molecule has 2 aromatic carbocycles. The molecule has 0 spiro atoms. The Morgan fingerprint density at radius 1 is 1.14 bits per heavy atom. The fourth-order valence-corrected chi connectivity index (χ4v) is 4.59. The summed E-state index contributed by atoms with van der Waals surface area (Å²) in [5.41, 5.74) is 10.9. The normalized spacial score (nSPS) is 20.0. The third kappa shape index (κ3) is 6.55. The van der Waals surface area contributed by atoms with Gasteiger partial charge in [0.15, 0.2) is 5.78 Å². The SMILES string of the molecule is CCCCOC(=O)CC1CCc2ccc(C(=O)c3ccc(C=NN4CCOCC4)cc3)cc2C1N. The lowest BCUT2D eigenvalue weighted by Gasteiger charge is -2.31. The van der Waals surface area contributed by atoms with Gasteiger partial charge in [0.1, 0.15) is 0 Å². The molecule has 2 unspecified atom stereocenters. The van der Waals surface area contributed by atoms with Gasteiger partial charge in [-0.2, -0.15) is 5.10 Å². The van der Waals surface area contributed by atoms with Crippen molar-refractivity contribution in [3.8, 4) is 0 Å². The van der Waals surface area contributed by atoms with Crippen LogP contribution >= 0.6 is 0 Å². The number of ether oxygens (including phenoxy) is 2. The molecule has 1 aliphatic heterocycles. The van der Waals surface area contributed by atoms with Crippen molar-refractivity contribution in [2.75, 3.05) is 32.9 Å². The van der Waals surface area contributed by atoms with Gasteiger partial charge in [0, 0.05) is 17.2 Å². The Morgan fingerprint density at radius 2 is 1.89 bits per heavy atom. The third-order valence-electron chi connectivity index (χ3n) is 6.78. The van der Waals surface area contributed by atoms with E-state index >= 15 is 0 Å². The number of hydrogen-bond donors (Lipinski definition) is 1. The van der Waals surface area contributed by atoms with E-state index in [1.54, 1.807) is 0 Å². The van der Waals surface area contributed by atoms with Gasteiger partial charge < -0.3 is 15.2 Å². The van der Waals surface area contributed by atoms with Crippen LogP contribution in [-0.2, 0) is 20.7 Å². The van der Waals surface area contributed by atoms with E-state index in [0.29, 0.717) is 37.4 Å². The number of esters is 1. The topological polar surface area (TPSA) is 94.2 Å². The Kier molecular flexibility index (Phi) is 8.66. The minimum atomic E-state index is -0.288. The standard InChI is InChI=1S/C28H35N3O4/c1-2-3-14-35-26(32)18-23-10-8-21-9-11-24(17-25(21)27(23)29)28(33)22-6-4-20(5-7-22)19-30-31-12-15-34-16-13-31/h4-7,9,11,17,19,23,27H,2-3,8,10,12-16,18,29H2,1H3. The number of morpholine rings is 1. The minimum Gasteiger partial charge on any atom is -0.466 e. The molecule has 0 amide bonds. The van der Waals surface area contributed by atoms with Crippen molar-refractivity contribution in [3.63, 3.8) is 0 Å². The molecular weight excluding hydrogens is 442 g/mol. The minimum absolute atomic E-state index is 0.0204. The third-order valence-corrected chi connectivity index (χ3v) is 6.78. The van der Waals surface area contributed by atoms with Crippen molar-refractivity contribution >= 4 is 18.0 Å². The first kappa shape index (κ1) is 25.1. The summed E-state index contributed by atoms with van der Waals surface area (Å²) < 4.78 is 10.7. The number of ketones is 1. The number of carbonyl (C=O) groups is 2. The number of fused-ring (bicyclic) bond motifs is 1. The van der Waals surface area contributed by atoms with E-state index in [1.165, 1.54) is 0 Å². The number of hydrogen-bond acceptors (Lipinski definition) is 7. The van der Waals surface area contributed by atoms with Crippen LogP contribution in [0, 0.1) is 5.92 Å². The van der Waals surface area contributed by atoms with Gasteiger partial charge in [-0.25, -0.2) is 0 Å². The second-order valence-corrected chi connectivity index (χ2v) is 9.28. The number of carbonyl (C=O) groups excluding carboxylic acids is 2. The maximum Gasteiger partial charge on any atom is 0.306 e. The van der Waals surface area contributed by atoms with Gasteiger partial charge in [-0.3, -0.25) is 14.6 Å². The Balaban J connectivity index is 1.41. The highest BCUT2D eigenvalue weighted by Gasteiger charge is 2.29. The van der Waals surface area contributed by atoms with Gasteiger partial charge in [-0.1, -0.05) is 49.7 Å². The van der Waals surface area contributed by atoms with Crippen molar-refractivity contribution in [2.24, 2.45) is 16.8 Å². The monoisotopic (exact) mass is 477 g/mol. The zero-order chi connectivity index (χ0) is 24.6. The molecule has 0 bridgehead atoms. The highest BCUT2D eigenvalue weighted by atomic mass is 16.5. The highest BCUT2D eigenvalue weighted by molar-refractivity contribution is 6.09. The molecule has 2 N–H and O–H groups in total. The summed E-state index contributed by atoms with van der Waals surface area (Å²) in [6.07, 6.45) is 5.68. The van der Waals surface area contributed by atoms with E-state index in [2.05, 4.69) is 12.0 Å². The van der Waals surface area contributed by atoms with Crippen LogP contribution in [0.4, 0.5) is 0 Å². The first-order valence-corrected chi connectivity index (χ1v) is 12.6. The maximum absolute atomic E-state index is 13.2. The molecule has 0 aromatic heterocycles. The number of aryl methyl sites for hydroxylation is 1. The Hall–Kier alpha value is -3.03. The predicted molar refractivity (Wildman–Crippen MR) is 136 cm³/mol. The van der Waals surface area contributed by atoms with E-state index in [9.17, 15) is 9.59 Å². The quantitative estimate of drug-likeness (QED) is 0.255. The summed E-state index contributed by atoms with van der Waals surface area (Å²) in [5.74, 6) is -0.211. The van der Waals surface area contributed by atoms with Crippen molar-refractivity contribution < 1.29 is 19.1 Å². The van der Waals surface area contributed by atoms with Gasteiger partial charge in [0.25, 0.3) is 0 Å². The number of hydrazone groups is 1. The Morgan fingerprint density at radius 3 is 2.63 bits per heavy atom. The lowest BCUT2D eigenvalue weighted by Crippen LogP contribution is -2.32. The average molecular weight is 478 g/mol. The summed E-state index contributed by atoms with van der Waals surface area (Å²) >= 11 is 0. The van der Waals surface area contributed by atoms with Crippen molar-refractivity contribution in [3.05, 3.63) is 70.3 Å². The average Bonchev–Trinajstić information content (AvgIpc) is 2.89. The molecule has 7 nitrogen and oxygen atoms in total. The Labute approximate surface area is 207 Å². The van der Waals surface area contributed by atoms with Crippen LogP contribution in [0.5, 0.6) is 0 Å². The molecule has 0 radical (unpaired) electrons. The van der Waals surface area contributed by atoms with E-state index in [4.69, 9.17) is 15.2 Å². The summed E-state index contributed by atoms with van der Waals surface area (Å²) in [6.45, 7) is 5.49. The van der Waals surface area contributed by atoms with Crippen LogP contribution in [0.25, 0.3) is 0 Å². The van der Waals surface area contributed by atoms with Crippen LogP contribution in [0.3, 0.4) is 0 Å². The van der Waals surface area contributed by atoms with Crippen LogP contribution in [0.15, 0.2) is 47.6 Å². The van der Waals surface area contributed by atoms with Gasteiger partial charge in [0.05, 0.1) is 45.5 Å². The van der Waals surface area contributed by atoms with Crippen LogP contribution < -0.4 is 5.73 Å². The van der Waals surface area contributed by atoms with Crippen LogP contribution in [0.2, 0.25) is 0 Å². The predicted octanol–water partition coefficient (Wildman–Crippen LogP) is 3.88. The molecule has 2 aliphatic rings. The number of nitrogens with two attached hydrogens (primary N) is 1. The van der Waals surface area contributed by atoms with Gasteiger partial charge in [-0.15, -0.1) is 0 Å². The second-order valence-electron chi connectivity index (χ2n) is 9.28. The number of rotatable bonds is 9. The molecule has 1 saturated heterocycles. The lowest BCUT2D eigenvalue weighted by molar-refractivity contribution is -0.145. The van der Waals surface area contributed by atoms with E-state index in [-0.39, 0.29) is 23.7 Å². The van der Waals surface area contributed by atoms with Crippen molar-refractivity contribution in [1.82, 2.24) is 5.01 Å². The van der Waals surface area contributed by atoms with Gasteiger partial charge >= 0.3 is 5.97 Å². The first-order valence-electron chi connectivity index (χ1n) is 12.6. The summed E-state index contributed by atoms with van der Waals surface area (Å²) in [7, 11) is 0. The van der Waals surface area contributed by atoms with Crippen molar-refractivity contribution in [2.45, 2.75) is 45.1 Å². The first-order chi connectivity index (χ1) is 17.0. The number of benzene rings is 2. The zero-order valence-corrected chi connectivity index (χ0v) is 20.4.